The third-order valence-electron chi connectivity index (χ3n) is 7.96. The summed E-state index contributed by atoms with van der Waals surface area (Å²) >= 11 is 0. The molecule has 192 valence electrons. The molecule has 2 heterocycles. The minimum Gasteiger partial charge on any atom is -0.497 e. The molecule has 1 N–H and O–H groups in total. The first-order chi connectivity index (χ1) is 17.7. The predicted octanol–water partition coefficient (Wildman–Crippen LogP) is 6.28. The molecule has 0 spiro atoms. The molecule has 2 aliphatic heterocycles. The lowest BCUT2D eigenvalue weighted by Crippen LogP contribution is -2.59. The second-order valence-corrected chi connectivity index (χ2v) is 10.2. The lowest BCUT2D eigenvalue weighted by atomic mass is 9.93. The number of fused-ring (bicyclic) bond motifs is 1. The molecule has 7 heteroatoms. The van der Waals surface area contributed by atoms with E-state index in [0.717, 1.165) is 48.5 Å². The number of hydrogen-bond acceptors (Lipinski definition) is 4. The molecule has 7 nitrogen and oxygen atoms in total. The van der Waals surface area contributed by atoms with Crippen molar-refractivity contribution in [3.8, 4) is 5.75 Å². The van der Waals surface area contributed by atoms with Gasteiger partial charge in [0.15, 0.2) is 0 Å². The van der Waals surface area contributed by atoms with Crippen molar-refractivity contribution < 1.29 is 14.3 Å². The summed E-state index contributed by atoms with van der Waals surface area (Å²) in [7, 11) is 1.64. The van der Waals surface area contributed by atoms with Gasteiger partial charge in [-0.1, -0.05) is 56.4 Å². The number of nitrogens with zero attached hydrogens (tertiary/aromatic N) is 3. The number of carbonyl (C=O) groups is 2. The molecule has 0 radical (unpaired) electrons. The molecule has 2 aromatic rings. The highest BCUT2D eigenvalue weighted by Crippen LogP contribution is 2.38. The summed E-state index contributed by atoms with van der Waals surface area (Å²) in [5.41, 5.74) is 2.53. The van der Waals surface area contributed by atoms with E-state index in [0.29, 0.717) is 12.6 Å². The van der Waals surface area contributed by atoms with E-state index in [4.69, 9.17) is 4.74 Å². The first-order valence-electron chi connectivity index (χ1n) is 13.5. The average Bonchev–Trinajstić information content (AvgIpc) is 2.98. The Morgan fingerprint density at radius 1 is 0.806 bits per heavy atom. The minimum absolute atomic E-state index is 0.0435. The normalized spacial score (nSPS) is 22.3. The number of rotatable bonds is 5. The summed E-state index contributed by atoms with van der Waals surface area (Å²) in [6.45, 7) is 1.37. The van der Waals surface area contributed by atoms with Crippen molar-refractivity contribution in [1.82, 2.24) is 10.2 Å². The van der Waals surface area contributed by atoms with Crippen LogP contribution < -0.4 is 19.9 Å². The summed E-state index contributed by atoms with van der Waals surface area (Å²) in [5, 5.41) is 2.70. The molecule has 2 fully saturated rings. The zero-order chi connectivity index (χ0) is 24.9. The largest absolute Gasteiger partial charge is 0.497 e. The van der Waals surface area contributed by atoms with E-state index in [9.17, 15) is 9.59 Å². The van der Waals surface area contributed by atoms with Crippen molar-refractivity contribution in [3.05, 3.63) is 54.1 Å². The molecular formula is C29H38N4O3. The number of nitrogens with one attached hydrogen (secondary N) is 1. The van der Waals surface area contributed by atoms with Crippen molar-refractivity contribution >= 4 is 23.4 Å². The monoisotopic (exact) mass is 490 g/mol. The summed E-state index contributed by atoms with van der Waals surface area (Å²) < 4.78 is 5.28. The molecule has 0 aromatic heterocycles. The fourth-order valence-corrected chi connectivity index (χ4v) is 6.11. The van der Waals surface area contributed by atoms with Crippen molar-refractivity contribution in [2.45, 2.75) is 83.0 Å². The van der Waals surface area contributed by atoms with E-state index >= 15 is 0 Å². The van der Waals surface area contributed by atoms with Gasteiger partial charge in [0.2, 0.25) is 0 Å². The maximum absolute atomic E-state index is 13.6. The molecule has 1 saturated heterocycles. The van der Waals surface area contributed by atoms with Gasteiger partial charge in [-0.05, 0) is 61.9 Å². The molecule has 2 aromatic carbocycles. The van der Waals surface area contributed by atoms with Crippen molar-refractivity contribution in [1.29, 1.82) is 0 Å². The Balaban J connectivity index is 1.47. The molecule has 36 heavy (non-hydrogen) atoms. The van der Waals surface area contributed by atoms with Gasteiger partial charge in [0.1, 0.15) is 5.75 Å². The van der Waals surface area contributed by atoms with Crippen LogP contribution >= 0.6 is 0 Å². The van der Waals surface area contributed by atoms with Crippen LogP contribution in [0.25, 0.3) is 0 Å². The SMILES string of the molecule is COc1ccc(CN2C(=O)NC(=O)N(C3CCCCN3C3CCCCCCC3)c3ccccc32)cc1. The molecular weight excluding hydrogens is 452 g/mol. The highest BCUT2D eigenvalue weighted by atomic mass is 16.5. The number of imide groups is 1. The predicted molar refractivity (Wildman–Crippen MR) is 142 cm³/mol. The van der Waals surface area contributed by atoms with E-state index in [1.165, 1.54) is 44.9 Å². The first kappa shape index (κ1) is 24.6. The fourth-order valence-electron chi connectivity index (χ4n) is 6.11. The Labute approximate surface area is 214 Å². The van der Waals surface area contributed by atoms with E-state index in [-0.39, 0.29) is 18.2 Å². The zero-order valence-electron chi connectivity index (χ0n) is 21.3. The molecule has 1 aliphatic carbocycles. The third-order valence-corrected chi connectivity index (χ3v) is 7.96. The quantitative estimate of drug-likeness (QED) is 0.536. The van der Waals surface area contributed by atoms with Gasteiger partial charge in [-0.3, -0.25) is 20.0 Å². The number of piperidine rings is 1. The lowest BCUT2D eigenvalue weighted by molar-refractivity contribution is 0.0792. The van der Waals surface area contributed by atoms with Gasteiger partial charge in [0.05, 0.1) is 31.2 Å². The second-order valence-electron chi connectivity index (χ2n) is 10.2. The van der Waals surface area contributed by atoms with Crippen molar-refractivity contribution in [3.63, 3.8) is 0 Å². The smallest absolute Gasteiger partial charge is 0.331 e. The highest BCUT2D eigenvalue weighted by Gasteiger charge is 2.40. The Hall–Kier alpha value is -3.06. The molecule has 3 aliphatic rings. The maximum atomic E-state index is 13.6. The highest BCUT2D eigenvalue weighted by molar-refractivity contribution is 6.13. The second kappa shape index (κ2) is 11.3. The van der Waals surface area contributed by atoms with Crippen LogP contribution in [-0.4, -0.2) is 42.8 Å². The Kier molecular flexibility index (Phi) is 7.75. The van der Waals surface area contributed by atoms with Crippen LogP contribution in [0.1, 0.15) is 69.8 Å². The molecule has 4 amide bonds. The van der Waals surface area contributed by atoms with Crippen LogP contribution in [0.2, 0.25) is 0 Å². The Morgan fingerprint density at radius 3 is 2.19 bits per heavy atom. The fraction of sp³-hybridized carbons (Fsp3) is 0.517. The van der Waals surface area contributed by atoms with Crippen LogP contribution in [0.15, 0.2) is 48.5 Å². The Morgan fingerprint density at radius 2 is 1.47 bits per heavy atom. The van der Waals surface area contributed by atoms with E-state index < -0.39 is 0 Å². The number of anilines is 2. The number of methoxy groups -OCH3 is 1. The summed E-state index contributed by atoms with van der Waals surface area (Å²) in [6.07, 6.45) is 12.0. The van der Waals surface area contributed by atoms with Crippen molar-refractivity contribution in [2.24, 2.45) is 0 Å². The molecule has 1 atom stereocenters. The average molecular weight is 491 g/mol. The summed E-state index contributed by atoms with van der Waals surface area (Å²) in [4.78, 5) is 33.1. The topological polar surface area (TPSA) is 65.1 Å². The number of para-hydroxylation sites is 2. The van der Waals surface area contributed by atoms with Gasteiger partial charge in [-0.15, -0.1) is 0 Å². The first-order valence-corrected chi connectivity index (χ1v) is 13.5. The third kappa shape index (κ3) is 5.21. The number of carbonyl (C=O) groups excluding carboxylic acids is 2. The summed E-state index contributed by atoms with van der Waals surface area (Å²) in [5.74, 6) is 0.771. The molecule has 1 saturated carbocycles. The number of likely N-dealkylation sites (tertiary alicyclic amines) is 1. The van der Waals surface area contributed by atoms with Crippen LogP contribution in [0, 0.1) is 0 Å². The maximum Gasteiger partial charge on any atom is 0.331 e. The molecule has 5 rings (SSSR count). The van der Waals surface area contributed by atoms with E-state index in [1.807, 2.05) is 53.4 Å². The summed E-state index contributed by atoms with van der Waals surface area (Å²) in [6, 6.07) is 15.3. The van der Waals surface area contributed by atoms with E-state index in [1.54, 1.807) is 12.0 Å². The van der Waals surface area contributed by atoms with Gasteiger partial charge >= 0.3 is 12.1 Å². The van der Waals surface area contributed by atoms with Gasteiger partial charge in [0.25, 0.3) is 0 Å². The van der Waals surface area contributed by atoms with Crippen LogP contribution in [0.3, 0.4) is 0 Å². The number of urea groups is 2. The molecule has 1 unspecified atom stereocenters. The van der Waals surface area contributed by atoms with E-state index in [2.05, 4.69) is 10.2 Å². The van der Waals surface area contributed by atoms with Crippen LogP contribution in [0.4, 0.5) is 21.0 Å². The minimum atomic E-state index is -0.390. The lowest BCUT2D eigenvalue weighted by Gasteiger charge is -2.46. The van der Waals surface area contributed by atoms with Gasteiger partial charge in [-0.25, -0.2) is 9.59 Å². The standard InChI is InChI=1S/C29H38N4O3/c1-36-24-18-16-22(17-19-24)21-32-25-13-7-8-14-26(25)33(29(35)30-28(32)34)27-15-9-10-20-31(27)23-11-5-3-2-4-6-12-23/h7-8,13-14,16-19,23,27H,2-6,9-12,15,20-21H2,1H3,(H,30,34,35). The zero-order valence-corrected chi connectivity index (χ0v) is 21.3. The van der Waals surface area contributed by atoms with Gasteiger partial charge < -0.3 is 4.74 Å². The number of ether oxygens (including phenoxy) is 1. The molecule has 0 bridgehead atoms. The number of amides is 4. The van der Waals surface area contributed by atoms with Crippen LogP contribution in [-0.2, 0) is 6.54 Å². The van der Waals surface area contributed by atoms with Crippen LogP contribution in [0.5, 0.6) is 5.75 Å². The Bertz CT molecular complexity index is 1050. The van der Waals surface area contributed by atoms with Gasteiger partial charge in [-0.2, -0.15) is 0 Å². The number of hydrogen-bond donors (Lipinski definition) is 1. The number of benzene rings is 2. The van der Waals surface area contributed by atoms with Gasteiger partial charge in [0, 0.05) is 12.6 Å². The van der Waals surface area contributed by atoms with Crippen molar-refractivity contribution in [2.75, 3.05) is 23.5 Å².